The van der Waals surface area contributed by atoms with E-state index in [1.807, 2.05) is 0 Å². The Morgan fingerprint density at radius 2 is 2.22 bits per heavy atom. The fourth-order valence-electron chi connectivity index (χ4n) is 0.577. The molecule has 0 atom stereocenters. The van der Waals surface area contributed by atoms with Gasteiger partial charge in [0.2, 0.25) is 0 Å². The highest BCUT2D eigenvalue weighted by atomic mass is 16.3. The first-order valence-electron chi connectivity index (χ1n) is 2.80. The molecule has 0 bridgehead atoms. The van der Waals surface area contributed by atoms with Crippen LogP contribution in [0.1, 0.15) is 13.8 Å². The van der Waals surface area contributed by atoms with E-state index in [1.54, 1.807) is 19.9 Å². The molecule has 9 heavy (non-hydrogen) atoms. The highest BCUT2D eigenvalue weighted by Crippen LogP contribution is 2.15. The quantitative estimate of drug-likeness (QED) is 0.515. The van der Waals surface area contributed by atoms with Crippen molar-refractivity contribution in [3.63, 3.8) is 0 Å². The van der Waals surface area contributed by atoms with E-state index in [0.29, 0.717) is 0 Å². The Labute approximate surface area is 54.3 Å². The largest absolute Gasteiger partial charge is 0.385 e. The lowest BCUT2D eigenvalue weighted by atomic mass is 10.0. The number of rotatable bonds is 1. The van der Waals surface area contributed by atoms with Gasteiger partial charge in [0.25, 0.3) is 0 Å². The summed E-state index contributed by atoms with van der Waals surface area (Å²) in [5, 5.41) is 9.31. The van der Waals surface area contributed by atoms with Crippen LogP contribution in [0, 0.1) is 0 Å². The van der Waals surface area contributed by atoms with Crippen LogP contribution in [-0.2, 0) is 0 Å². The van der Waals surface area contributed by atoms with Gasteiger partial charge in [-0.25, -0.2) is 0 Å². The Hall–Kier alpha value is -0.960. The normalized spacial score (nSPS) is 14.8. The summed E-state index contributed by atoms with van der Waals surface area (Å²) in [6, 6.07) is 0. The summed E-state index contributed by atoms with van der Waals surface area (Å²) in [4.78, 5) is 0. The first-order valence-corrected chi connectivity index (χ1v) is 2.80. The Bertz CT molecular complexity index is 247. The van der Waals surface area contributed by atoms with Gasteiger partial charge in [0.1, 0.15) is 0 Å². The zero-order valence-electron chi connectivity index (χ0n) is 5.52. The van der Waals surface area contributed by atoms with Crippen LogP contribution in [0.25, 0.3) is 0 Å². The van der Waals surface area contributed by atoms with Crippen molar-refractivity contribution in [3.8, 4) is 0 Å². The van der Waals surface area contributed by atoms with E-state index in [1.165, 1.54) is 0 Å². The minimum Gasteiger partial charge on any atom is -0.385 e. The second kappa shape index (κ2) is 1.77. The van der Waals surface area contributed by atoms with Gasteiger partial charge >= 0.3 is 0 Å². The van der Waals surface area contributed by atoms with Crippen molar-refractivity contribution in [2.24, 2.45) is 0 Å². The Morgan fingerprint density at radius 3 is 2.44 bits per heavy atom. The van der Waals surface area contributed by atoms with Crippen molar-refractivity contribution in [3.05, 3.63) is 28.8 Å². The number of hydrogen-bond donors (Lipinski definition) is 1. The minimum atomic E-state index is -0.795. The monoisotopic (exact) mass is 120 g/mol. The molecule has 0 heterocycles. The second-order valence-electron chi connectivity index (χ2n) is 2.51. The molecule has 0 saturated carbocycles. The molecule has 0 unspecified atom stereocenters. The maximum absolute atomic E-state index is 9.31. The van der Waals surface area contributed by atoms with E-state index in [4.69, 9.17) is 0 Å². The van der Waals surface area contributed by atoms with E-state index in [-0.39, 0.29) is 0 Å². The molecule has 1 nitrogen and oxygen atoms in total. The summed E-state index contributed by atoms with van der Waals surface area (Å²) >= 11 is 0. The van der Waals surface area contributed by atoms with Crippen LogP contribution in [0.4, 0.5) is 0 Å². The lowest BCUT2D eigenvalue weighted by Crippen LogP contribution is -2.19. The van der Waals surface area contributed by atoms with Crippen molar-refractivity contribution in [2.45, 2.75) is 19.4 Å². The zero-order chi connectivity index (χ0) is 6.91. The van der Waals surface area contributed by atoms with Gasteiger partial charge in [-0.15, -0.1) is 0 Å². The number of hydrogen-bond acceptors (Lipinski definition) is 1. The molecule has 46 valence electrons. The average Bonchev–Trinajstić information content (AvgIpc) is 2.08. The molecule has 0 aliphatic heterocycles. The van der Waals surface area contributed by atoms with E-state index < -0.39 is 5.60 Å². The SMILES string of the molecule is CC(C)(O)C1=C=C=C=C1. The summed E-state index contributed by atoms with van der Waals surface area (Å²) in [6.07, 6.45) is 1.68. The van der Waals surface area contributed by atoms with Gasteiger partial charge in [-0.05, 0) is 19.6 Å². The van der Waals surface area contributed by atoms with Gasteiger partial charge in [0.15, 0.2) is 0 Å². The van der Waals surface area contributed by atoms with Crippen LogP contribution in [0.2, 0.25) is 0 Å². The first-order chi connectivity index (χ1) is 4.11. The summed E-state index contributed by atoms with van der Waals surface area (Å²) in [5.74, 6) is 0. The summed E-state index contributed by atoms with van der Waals surface area (Å²) in [5.41, 5.74) is 8.01. The van der Waals surface area contributed by atoms with Crippen molar-refractivity contribution >= 4 is 0 Å². The maximum Gasteiger partial charge on any atom is 0.0924 e. The molecule has 1 rings (SSSR count). The van der Waals surface area contributed by atoms with Crippen molar-refractivity contribution < 1.29 is 5.11 Å². The molecule has 0 aromatic rings. The second-order valence-corrected chi connectivity index (χ2v) is 2.51. The minimum absolute atomic E-state index is 0.738. The first kappa shape index (κ1) is 6.16. The van der Waals surface area contributed by atoms with E-state index in [2.05, 4.69) is 17.2 Å². The van der Waals surface area contributed by atoms with Crippen LogP contribution in [-0.4, -0.2) is 10.7 Å². The fraction of sp³-hybridized carbons (Fsp3) is 0.375. The predicted molar refractivity (Wildman–Crippen MR) is 34.9 cm³/mol. The molecule has 1 aliphatic carbocycles. The van der Waals surface area contributed by atoms with Crippen LogP contribution in [0.5, 0.6) is 0 Å². The predicted octanol–water partition coefficient (Wildman–Crippen LogP) is 1.16. The Morgan fingerprint density at radius 1 is 1.56 bits per heavy atom. The lowest BCUT2D eigenvalue weighted by molar-refractivity contribution is 0.124. The molecular formula is C8H8O. The lowest BCUT2D eigenvalue weighted by Gasteiger charge is -2.14. The van der Waals surface area contributed by atoms with Crippen LogP contribution in [0.3, 0.4) is 0 Å². The summed E-state index contributed by atoms with van der Waals surface area (Å²) in [7, 11) is 0. The van der Waals surface area contributed by atoms with Crippen molar-refractivity contribution in [2.75, 3.05) is 0 Å². The summed E-state index contributed by atoms with van der Waals surface area (Å²) in [6.45, 7) is 3.42. The van der Waals surface area contributed by atoms with E-state index in [0.717, 1.165) is 5.57 Å². The molecule has 0 spiro atoms. The van der Waals surface area contributed by atoms with Gasteiger partial charge < -0.3 is 5.11 Å². The third-order valence-corrected chi connectivity index (χ3v) is 1.14. The van der Waals surface area contributed by atoms with Crippen molar-refractivity contribution in [1.29, 1.82) is 0 Å². The Kier molecular flexibility index (Phi) is 1.21. The van der Waals surface area contributed by atoms with Gasteiger partial charge in [-0.3, -0.25) is 0 Å². The van der Waals surface area contributed by atoms with Gasteiger partial charge in [0, 0.05) is 11.6 Å². The smallest absolute Gasteiger partial charge is 0.0924 e. The van der Waals surface area contributed by atoms with Crippen LogP contribution < -0.4 is 0 Å². The number of aliphatic hydroxyl groups is 1. The molecule has 0 aromatic carbocycles. The fourth-order valence-corrected chi connectivity index (χ4v) is 0.577. The van der Waals surface area contributed by atoms with Gasteiger partial charge in [-0.2, -0.15) is 0 Å². The molecule has 0 amide bonds. The molecule has 1 heteroatoms. The zero-order valence-corrected chi connectivity index (χ0v) is 5.52. The molecule has 0 saturated heterocycles. The third kappa shape index (κ3) is 1.23. The van der Waals surface area contributed by atoms with Crippen LogP contribution in [0.15, 0.2) is 28.8 Å². The highest BCUT2D eigenvalue weighted by Gasteiger charge is 2.17. The van der Waals surface area contributed by atoms with E-state index >= 15 is 0 Å². The molecule has 1 N–H and O–H groups in total. The molecule has 0 radical (unpaired) electrons. The summed E-state index contributed by atoms with van der Waals surface area (Å²) < 4.78 is 0. The molecule has 1 aliphatic rings. The third-order valence-electron chi connectivity index (χ3n) is 1.14. The van der Waals surface area contributed by atoms with E-state index in [9.17, 15) is 5.11 Å². The van der Waals surface area contributed by atoms with Crippen LogP contribution >= 0.6 is 0 Å². The average molecular weight is 120 g/mol. The van der Waals surface area contributed by atoms with Gasteiger partial charge in [0.05, 0.1) is 5.60 Å². The van der Waals surface area contributed by atoms with Crippen molar-refractivity contribution in [1.82, 2.24) is 0 Å². The van der Waals surface area contributed by atoms with Gasteiger partial charge in [-0.1, -0.05) is 11.5 Å². The Balaban J connectivity index is 2.94. The topological polar surface area (TPSA) is 20.2 Å². The standard InChI is InChI=1S/C8H8O/c1-8(2,9)7-5-3-4-6-7/h5,9H,1-2H3. The molecule has 0 aromatic heterocycles. The maximum atomic E-state index is 9.31. The highest BCUT2D eigenvalue weighted by molar-refractivity contribution is 5.29. The molecule has 0 fully saturated rings. The molecular weight excluding hydrogens is 112 g/mol.